The van der Waals surface area contributed by atoms with Crippen LogP contribution in [0.4, 0.5) is 10.5 Å². The number of benzene rings is 2. The summed E-state index contributed by atoms with van der Waals surface area (Å²) >= 11 is 3.36. The monoisotopic (exact) mass is 356 g/mol. The lowest BCUT2D eigenvalue weighted by atomic mass is 10.1. The van der Waals surface area contributed by atoms with Crippen molar-refractivity contribution < 1.29 is 9.53 Å². The van der Waals surface area contributed by atoms with Crippen LogP contribution in [0.5, 0.6) is 0 Å². The lowest BCUT2D eigenvalue weighted by molar-refractivity contribution is 0.155. The first-order chi connectivity index (χ1) is 10.7. The van der Waals surface area contributed by atoms with Gasteiger partial charge >= 0.3 is 6.09 Å². The van der Waals surface area contributed by atoms with Gasteiger partial charge in [-0.1, -0.05) is 54.6 Å². The van der Waals surface area contributed by atoms with Crippen molar-refractivity contribution in [2.45, 2.75) is 6.61 Å². The summed E-state index contributed by atoms with van der Waals surface area (Å²) in [6.07, 6.45) is 1.24. The average Bonchev–Trinajstić information content (AvgIpc) is 2.56. The molecule has 0 fully saturated rings. The highest BCUT2D eigenvalue weighted by atomic mass is 79.9. The molecule has 22 heavy (non-hydrogen) atoms. The zero-order valence-corrected chi connectivity index (χ0v) is 13.2. The van der Waals surface area contributed by atoms with E-state index in [0.29, 0.717) is 10.3 Å². The zero-order valence-electron chi connectivity index (χ0n) is 11.6. The Morgan fingerprint density at radius 2 is 1.82 bits per heavy atom. The van der Waals surface area contributed by atoms with Crippen LogP contribution in [0.3, 0.4) is 0 Å². The summed E-state index contributed by atoms with van der Waals surface area (Å²) < 4.78 is 5.81. The summed E-state index contributed by atoms with van der Waals surface area (Å²) in [7, 11) is 0. The minimum atomic E-state index is -0.511. The highest BCUT2D eigenvalue weighted by molar-refractivity contribution is 9.10. The van der Waals surface area contributed by atoms with E-state index in [4.69, 9.17) is 4.74 Å². The first-order valence-electron chi connectivity index (χ1n) is 6.75. The number of amides is 1. The van der Waals surface area contributed by atoms with Crippen LogP contribution >= 0.6 is 15.9 Å². The summed E-state index contributed by atoms with van der Waals surface area (Å²) in [5.41, 5.74) is 1.55. The second-order valence-electron chi connectivity index (χ2n) is 4.70. The molecule has 0 saturated heterocycles. The van der Waals surface area contributed by atoms with Crippen molar-refractivity contribution in [1.29, 1.82) is 0 Å². The highest BCUT2D eigenvalue weighted by Gasteiger charge is 2.11. The van der Waals surface area contributed by atoms with Crippen molar-refractivity contribution in [3.8, 4) is 0 Å². The van der Waals surface area contributed by atoms with Crippen LogP contribution in [0.1, 0.15) is 5.56 Å². The fraction of sp³-hybridized carbons (Fsp3) is 0.0588. The molecule has 0 bridgehead atoms. The van der Waals surface area contributed by atoms with E-state index >= 15 is 0 Å². The Kier molecular flexibility index (Phi) is 4.34. The van der Waals surface area contributed by atoms with Gasteiger partial charge < -0.3 is 4.74 Å². The SMILES string of the molecule is O=C(Nc1c(Br)ncc2ccccc12)OCc1ccccc1. The Labute approximate surface area is 136 Å². The molecule has 0 aliphatic rings. The maximum atomic E-state index is 12.0. The number of anilines is 1. The lowest BCUT2D eigenvalue weighted by Gasteiger charge is -2.11. The Morgan fingerprint density at radius 3 is 2.64 bits per heavy atom. The minimum absolute atomic E-state index is 0.225. The molecule has 3 rings (SSSR count). The van der Waals surface area contributed by atoms with E-state index in [-0.39, 0.29) is 6.61 Å². The van der Waals surface area contributed by atoms with Crippen LogP contribution in [-0.2, 0) is 11.3 Å². The van der Waals surface area contributed by atoms with Gasteiger partial charge in [0.2, 0.25) is 0 Å². The summed E-state index contributed by atoms with van der Waals surface area (Å²) in [6, 6.07) is 17.2. The summed E-state index contributed by atoms with van der Waals surface area (Å²) in [4.78, 5) is 16.2. The number of nitrogens with one attached hydrogen (secondary N) is 1. The van der Waals surface area contributed by atoms with Gasteiger partial charge in [0.05, 0.1) is 5.69 Å². The maximum absolute atomic E-state index is 12.0. The van der Waals surface area contributed by atoms with Gasteiger partial charge in [0, 0.05) is 17.0 Å². The number of nitrogens with zero attached hydrogens (tertiary/aromatic N) is 1. The van der Waals surface area contributed by atoms with Gasteiger partial charge in [0.15, 0.2) is 0 Å². The van der Waals surface area contributed by atoms with Gasteiger partial charge in [-0.05, 0) is 21.5 Å². The van der Waals surface area contributed by atoms with Gasteiger partial charge in [0.25, 0.3) is 0 Å². The molecule has 0 atom stereocenters. The molecule has 4 nitrogen and oxygen atoms in total. The van der Waals surface area contributed by atoms with Crippen LogP contribution in [0.15, 0.2) is 65.4 Å². The first kappa shape index (κ1) is 14.5. The molecule has 0 aliphatic carbocycles. The summed E-state index contributed by atoms with van der Waals surface area (Å²) in [5.74, 6) is 0. The number of carbonyl (C=O) groups excluding carboxylic acids is 1. The van der Waals surface area contributed by atoms with Gasteiger partial charge in [-0.3, -0.25) is 5.32 Å². The van der Waals surface area contributed by atoms with Crippen molar-refractivity contribution in [3.63, 3.8) is 0 Å². The van der Waals surface area contributed by atoms with Crippen LogP contribution in [-0.4, -0.2) is 11.1 Å². The molecule has 0 saturated carbocycles. The average molecular weight is 357 g/mol. The molecular formula is C17H13BrN2O2. The van der Waals surface area contributed by atoms with E-state index in [1.807, 2.05) is 54.6 Å². The second kappa shape index (κ2) is 6.58. The van der Waals surface area contributed by atoms with Gasteiger partial charge in [-0.25, -0.2) is 9.78 Å². The van der Waals surface area contributed by atoms with Crippen LogP contribution in [0.25, 0.3) is 10.8 Å². The molecule has 5 heteroatoms. The Morgan fingerprint density at radius 1 is 1.09 bits per heavy atom. The normalized spacial score (nSPS) is 10.4. The third-order valence-corrected chi connectivity index (χ3v) is 3.79. The van der Waals surface area contributed by atoms with Crippen LogP contribution < -0.4 is 5.32 Å². The van der Waals surface area contributed by atoms with Crippen molar-refractivity contribution in [3.05, 3.63) is 71.0 Å². The van der Waals surface area contributed by atoms with Gasteiger partial charge in [-0.15, -0.1) is 0 Å². The van der Waals surface area contributed by atoms with Crippen LogP contribution in [0.2, 0.25) is 0 Å². The molecule has 0 spiro atoms. The van der Waals surface area contributed by atoms with Crippen LogP contribution in [0, 0.1) is 0 Å². The standard InChI is InChI=1S/C17H13BrN2O2/c18-16-15(14-9-5-4-8-13(14)10-19-16)20-17(21)22-11-12-6-2-1-3-7-12/h1-10H,11H2,(H,20,21). The zero-order chi connectivity index (χ0) is 15.4. The van der Waals surface area contributed by atoms with Crippen molar-refractivity contribution in [1.82, 2.24) is 4.98 Å². The number of rotatable bonds is 3. The van der Waals surface area contributed by atoms with Crippen molar-refractivity contribution in [2.75, 3.05) is 5.32 Å². The van der Waals surface area contributed by atoms with E-state index in [9.17, 15) is 4.79 Å². The lowest BCUT2D eigenvalue weighted by Crippen LogP contribution is -2.14. The minimum Gasteiger partial charge on any atom is -0.444 e. The molecule has 1 heterocycles. The highest BCUT2D eigenvalue weighted by Crippen LogP contribution is 2.29. The third-order valence-electron chi connectivity index (χ3n) is 3.19. The van der Waals surface area contributed by atoms with E-state index in [2.05, 4.69) is 26.2 Å². The third kappa shape index (κ3) is 3.26. The molecule has 0 aliphatic heterocycles. The maximum Gasteiger partial charge on any atom is 0.412 e. The molecule has 110 valence electrons. The number of hydrogen-bond acceptors (Lipinski definition) is 3. The number of carbonyl (C=O) groups is 1. The Hall–Kier alpha value is -2.40. The summed E-state index contributed by atoms with van der Waals surface area (Å²) in [6.45, 7) is 0.225. The van der Waals surface area contributed by atoms with Crippen molar-refractivity contribution in [2.24, 2.45) is 0 Å². The fourth-order valence-corrected chi connectivity index (χ4v) is 2.53. The van der Waals surface area contributed by atoms with E-state index in [0.717, 1.165) is 16.3 Å². The molecule has 1 N–H and O–H groups in total. The van der Waals surface area contributed by atoms with Gasteiger partial charge in [-0.2, -0.15) is 0 Å². The number of pyridine rings is 1. The van der Waals surface area contributed by atoms with Crippen molar-refractivity contribution >= 4 is 38.5 Å². The van der Waals surface area contributed by atoms with E-state index < -0.39 is 6.09 Å². The van der Waals surface area contributed by atoms with E-state index in [1.165, 1.54) is 0 Å². The number of ether oxygens (including phenoxy) is 1. The van der Waals surface area contributed by atoms with E-state index in [1.54, 1.807) is 6.20 Å². The molecule has 1 aromatic heterocycles. The molecule has 3 aromatic rings. The Balaban J connectivity index is 1.75. The quantitative estimate of drug-likeness (QED) is 0.689. The number of fused-ring (bicyclic) bond motifs is 1. The number of hydrogen-bond donors (Lipinski definition) is 1. The molecule has 0 unspecified atom stereocenters. The largest absolute Gasteiger partial charge is 0.444 e. The molecular weight excluding hydrogens is 344 g/mol. The second-order valence-corrected chi connectivity index (χ2v) is 5.45. The number of aromatic nitrogens is 1. The predicted octanol–water partition coefficient (Wildman–Crippen LogP) is 4.75. The smallest absolute Gasteiger partial charge is 0.412 e. The molecule has 2 aromatic carbocycles. The first-order valence-corrected chi connectivity index (χ1v) is 7.54. The summed E-state index contributed by atoms with van der Waals surface area (Å²) in [5, 5.41) is 4.60. The number of halogens is 1. The fourth-order valence-electron chi connectivity index (χ4n) is 2.12. The molecule has 0 radical (unpaired) electrons. The van der Waals surface area contributed by atoms with Gasteiger partial charge in [0.1, 0.15) is 11.2 Å². The topological polar surface area (TPSA) is 51.2 Å². The molecule has 1 amide bonds. The Bertz CT molecular complexity index is 806. The predicted molar refractivity (Wildman–Crippen MR) is 89.7 cm³/mol.